The van der Waals surface area contributed by atoms with E-state index in [0.29, 0.717) is 5.92 Å². The van der Waals surface area contributed by atoms with Crippen molar-refractivity contribution in [3.05, 3.63) is 29.2 Å². The molecule has 3 heterocycles. The lowest BCUT2D eigenvalue weighted by Crippen LogP contribution is -2.13. The van der Waals surface area contributed by atoms with Gasteiger partial charge in [0.15, 0.2) is 0 Å². The molecule has 7 heteroatoms. The van der Waals surface area contributed by atoms with Crippen LogP contribution in [0.1, 0.15) is 25.2 Å². The number of aromatic nitrogens is 5. The van der Waals surface area contributed by atoms with E-state index >= 15 is 0 Å². The fourth-order valence-electron chi connectivity index (χ4n) is 2.47. The zero-order valence-corrected chi connectivity index (χ0v) is 13.9. The van der Waals surface area contributed by atoms with Gasteiger partial charge in [-0.1, -0.05) is 19.1 Å². The van der Waals surface area contributed by atoms with Gasteiger partial charge in [0.05, 0.1) is 18.1 Å². The maximum absolute atomic E-state index is 4.60. The van der Waals surface area contributed by atoms with Crippen LogP contribution in [-0.2, 0) is 13.0 Å². The van der Waals surface area contributed by atoms with Crippen molar-refractivity contribution in [1.29, 1.82) is 0 Å². The van der Waals surface area contributed by atoms with Gasteiger partial charge in [0, 0.05) is 12.7 Å². The Hall–Kier alpha value is -2.02. The van der Waals surface area contributed by atoms with E-state index in [-0.39, 0.29) is 0 Å². The number of nitrogens with one attached hydrogen (secondary N) is 1. The third-order valence-corrected chi connectivity index (χ3v) is 4.28. The molecule has 116 valence electrons. The first-order chi connectivity index (χ1) is 10.6. The summed E-state index contributed by atoms with van der Waals surface area (Å²) in [5.41, 5.74) is 1.33. The fourth-order valence-corrected chi connectivity index (χ4v) is 3.46. The van der Waals surface area contributed by atoms with Crippen LogP contribution in [0.15, 0.2) is 17.8 Å². The summed E-state index contributed by atoms with van der Waals surface area (Å²) in [5.74, 6) is 2.34. The lowest BCUT2D eigenvalue weighted by Gasteiger charge is -2.10. The molecular formula is C15H20N6S. The molecule has 0 aliphatic carbocycles. The van der Waals surface area contributed by atoms with Gasteiger partial charge in [-0.05, 0) is 30.2 Å². The van der Waals surface area contributed by atoms with Gasteiger partial charge in [-0.3, -0.25) is 4.68 Å². The van der Waals surface area contributed by atoms with Gasteiger partial charge >= 0.3 is 0 Å². The van der Waals surface area contributed by atoms with Gasteiger partial charge in [-0.15, -0.1) is 16.4 Å². The summed E-state index contributed by atoms with van der Waals surface area (Å²) in [6.45, 7) is 7.91. The maximum atomic E-state index is 4.60. The molecule has 0 unspecified atom stereocenters. The minimum atomic E-state index is 0.613. The van der Waals surface area contributed by atoms with Crippen molar-refractivity contribution in [3.63, 3.8) is 0 Å². The van der Waals surface area contributed by atoms with E-state index in [1.54, 1.807) is 22.2 Å². The Morgan fingerprint density at radius 1 is 1.32 bits per heavy atom. The highest BCUT2D eigenvalue weighted by atomic mass is 32.1. The highest BCUT2D eigenvalue weighted by Crippen LogP contribution is 2.31. The van der Waals surface area contributed by atoms with Gasteiger partial charge in [-0.2, -0.15) is 0 Å². The molecule has 1 N–H and O–H groups in total. The van der Waals surface area contributed by atoms with Crippen molar-refractivity contribution in [2.24, 2.45) is 5.92 Å². The molecule has 0 aliphatic rings. The summed E-state index contributed by atoms with van der Waals surface area (Å²) in [6.07, 6.45) is 4.59. The fraction of sp³-hybridized carbons (Fsp3) is 0.467. The molecule has 0 amide bonds. The monoisotopic (exact) mass is 316 g/mol. The molecule has 6 nitrogen and oxygen atoms in total. The van der Waals surface area contributed by atoms with Crippen molar-refractivity contribution >= 4 is 27.4 Å². The summed E-state index contributed by atoms with van der Waals surface area (Å²) in [6, 6.07) is 0. The number of hydrogen-bond acceptors (Lipinski definition) is 6. The highest BCUT2D eigenvalue weighted by molar-refractivity contribution is 7.17. The van der Waals surface area contributed by atoms with Gasteiger partial charge in [0.1, 0.15) is 16.5 Å². The predicted octanol–water partition coefficient (Wildman–Crippen LogP) is 2.90. The first-order valence-corrected chi connectivity index (χ1v) is 8.34. The van der Waals surface area contributed by atoms with Gasteiger partial charge < -0.3 is 5.32 Å². The number of anilines is 1. The van der Waals surface area contributed by atoms with Crippen LogP contribution in [0.5, 0.6) is 0 Å². The zero-order chi connectivity index (χ0) is 15.5. The number of thiophene rings is 1. The van der Waals surface area contributed by atoms with E-state index in [0.717, 1.165) is 36.0 Å². The molecule has 0 spiro atoms. The van der Waals surface area contributed by atoms with Gasteiger partial charge in [-0.25, -0.2) is 9.97 Å². The number of fused-ring (bicyclic) bond motifs is 1. The number of hydrogen-bond donors (Lipinski definition) is 1. The molecule has 0 saturated carbocycles. The standard InChI is InChI=1S/C15H20N6S/c1-10(2)8-12-9-22-15-13(12)14(18-11(3)19-15)16-4-6-21-7-5-17-20-21/h5,7,9-10H,4,6,8H2,1-3H3,(H,16,18,19). The zero-order valence-electron chi connectivity index (χ0n) is 13.1. The van der Waals surface area contributed by atoms with E-state index < -0.39 is 0 Å². The molecular weight excluding hydrogens is 296 g/mol. The molecule has 3 aromatic rings. The SMILES string of the molecule is Cc1nc(NCCn2ccnn2)c2c(CC(C)C)csc2n1. The average Bonchev–Trinajstić information content (AvgIpc) is 3.08. The van der Waals surface area contributed by atoms with Crippen LogP contribution in [0, 0.1) is 12.8 Å². The lowest BCUT2D eigenvalue weighted by molar-refractivity contribution is 0.608. The molecule has 3 aromatic heterocycles. The summed E-state index contributed by atoms with van der Waals surface area (Å²) in [5, 5.41) is 14.6. The Balaban J connectivity index is 1.84. The van der Waals surface area contributed by atoms with Crippen LogP contribution in [0.25, 0.3) is 10.2 Å². The van der Waals surface area contributed by atoms with Crippen LogP contribution in [-0.4, -0.2) is 31.5 Å². The van der Waals surface area contributed by atoms with E-state index in [1.165, 1.54) is 10.9 Å². The Morgan fingerprint density at radius 3 is 2.91 bits per heavy atom. The number of aryl methyl sites for hydroxylation is 1. The topological polar surface area (TPSA) is 68.5 Å². The maximum Gasteiger partial charge on any atom is 0.138 e. The molecule has 0 aromatic carbocycles. The largest absolute Gasteiger partial charge is 0.368 e. The number of nitrogens with zero attached hydrogens (tertiary/aromatic N) is 5. The van der Waals surface area contributed by atoms with Crippen LogP contribution in [0.4, 0.5) is 5.82 Å². The van der Waals surface area contributed by atoms with Crippen molar-refractivity contribution in [1.82, 2.24) is 25.0 Å². The van der Waals surface area contributed by atoms with Crippen molar-refractivity contribution in [3.8, 4) is 0 Å². The molecule has 0 bridgehead atoms. The quantitative estimate of drug-likeness (QED) is 0.757. The van der Waals surface area contributed by atoms with Crippen molar-refractivity contribution in [2.75, 3.05) is 11.9 Å². The summed E-state index contributed by atoms with van der Waals surface area (Å²) < 4.78 is 1.81. The van der Waals surface area contributed by atoms with E-state index in [1.807, 2.05) is 13.1 Å². The van der Waals surface area contributed by atoms with E-state index in [9.17, 15) is 0 Å². The summed E-state index contributed by atoms with van der Waals surface area (Å²) in [4.78, 5) is 10.2. The molecule has 0 fully saturated rings. The van der Waals surface area contributed by atoms with Crippen LogP contribution in [0.3, 0.4) is 0 Å². The van der Waals surface area contributed by atoms with Crippen LogP contribution in [0.2, 0.25) is 0 Å². The lowest BCUT2D eigenvalue weighted by atomic mass is 10.0. The van der Waals surface area contributed by atoms with Crippen molar-refractivity contribution in [2.45, 2.75) is 33.7 Å². The second kappa shape index (κ2) is 6.39. The van der Waals surface area contributed by atoms with Crippen LogP contribution < -0.4 is 5.32 Å². The Labute approximate surface area is 133 Å². The second-order valence-corrected chi connectivity index (χ2v) is 6.61. The Kier molecular flexibility index (Phi) is 4.33. The molecule has 0 aliphatic heterocycles. The van der Waals surface area contributed by atoms with E-state index in [4.69, 9.17) is 0 Å². The molecule has 3 rings (SSSR count). The van der Waals surface area contributed by atoms with Crippen molar-refractivity contribution < 1.29 is 0 Å². The molecule has 0 atom stereocenters. The smallest absolute Gasteiger partial charge is 0.138 e. The minimum Gasteiger partial charge on any atom is -0.368 e. The third kappa shape index (κ3) is 3.24. The van der Waals surface area contributed by atoms with Gasteiger partial charge in [0.2, 0.25) is 0 Å². The van der Waals surface area contributed by atoms with E-state index in [2.05, 4.69) is 44.8 Å². The number of rotatable bonds is 6. The molecule has 0 saturated heterocycles. The van der Waals surface area contributed by atoms with Crippen LogP contribution >= 0.6 is 11.3 Å². The Morgan fingerprint density at radius 2 is 2.18 bits per heavy atom. The molecule has 22 heavy (non-hydrogen) atoms. The summed E-state index contributed by atoms with van der Waals surface area (Å²) in [7, 11) is 0. The second-order valence-electron chi connectivity index (χ2n) is 5.75. The minimum absolute atomic E-state index is 0.613. The highest BCUT2D eigenvalue weighted by Gasteiger charge is 2.13. The third-order valence-electron chi connectivity index (χ3n) is 3.35. The normalized spacial score (nSPS) is 11.5. The molecule has 0 radical (unpaired) electrons. The predicted molar refractivity (Wildman–Crippen MR) is 89.2 cm³/mol. The van der Waals surface area contributed by atoms with Gasteiger partial charge in [0.25, 0.3) is 0 Å². The summed E-state index contributed by atoms with van der Waals surface area (Å²) >= 11 is 1.70. The first kappa shape index (κ1) is 14.9. The first-order valence-electron chi connectivity index (χ1n) is 7.46. The Bertz CT molecular complexity index is 747. The average molecular weight is 316 g/mol.